The average Bonchev–Trinajstić information content (AvgIpc) is 3.31. The fourth-order valence-electron chi connectivity index (χ4n) is 4.91. The standard InChI is InChI=1S/C29H16N4/c1-3-17-5-7-21-23-11-26-22(10-27(23)29(25(21)9-17)19(14-32)15-33)20-6-4-16(2)8-24(20)28(26)18(12-30)13-31/h4-11H,3H2,1-2H3. The SMILES string of the molecule is CCc1ccc2c(c1)C(=C(C#N)C#N)c1cc3c(cc1-2)C(=C(C#N)C#N)c1cc(C)ccc1-3. The zero-order chi connectivity index (χ0) is 23.3. The molecule has 0 unspecified atom stereocenters. The van der Waals surface area contributed by atoms with E-state index in [4.69, 9.17) is 0 Å². The van der Waals surface area contributed by atoms with Gasteiger partial charge in [0.25, 0.3) is 0 Å². The van der Waals surface area contributed by atoms with Gasteiger partial charge in [0.1, 0.15) is 35.4 Å². The number of hydrogen-bond acceptors (Lipinski definition) is 4. The summed E-state index contributed by atoms with van der Waals surface area (Å²) in [7, 11) is 0. The highest BCUT2D eigenvalue weighted by molar-refractivity contribution is 6.11. The molecule has 4 heteroatoms. The van der Waals surface area contributed by atoms with Crippen LogP contribution in [0.2, 0.25) is 0 Å². The Bertz CT molecular complexity index is 1610. The van der Waals surface area contributed by atoms with E-state index in [-0.39, 0.29) is 11.1 Å². The maximum absolute atomic E-state index is 9.71. The molecule has 3 aromatic carbocycles. The minimum atomic E-state index is 0.0746. The van der Waals surface area contributed by atoms with E-state index in [2.05, 4.69) is 43.3 Å². The van der Waals surface area contributed by atoms with Gasteiger partial charge in [0.15, 0.2) is 0 Å². The lowest BCUT2D eigenvalue weighted by Gasteiger charge is -2.08. The number of hydrogen-bond donors (Lipinski definition) is 0. The summed E-state index contributed by atoms with van der Waals surface area (Å²) in [5.74, 6) is 0. The first-order chi connectivity index (χ1) is 16.1. The van der Waals surface area contributed by atoms with E-state index >= 15 is 0 Å². The predicted molar refractivity (Wildman–Crippen MR) is 126 cm³/mol. The lowest BCUT2D eigenvalue weighted by molar-refractivity contribution is 1.14. The molecule has 0 amide bonds. The molecule has 0 saturated heterocycles. The van der Waals surface area contributed by atoms with Crippen LogP contribution in [-0.2, 0) is 6.42 Å². The Balaban J connectivity index is 1.93. The molecule has 5 rings (SSSR count). The van der Waals surface area contributed by atoms with E-state index in [9.17, 15) is 21.0 Å². The van der Waals surface area contributed by atoms with Gasteiger partial charge >= 0.3 is 0 Å². The third kappa shape index (κ3) is 2.73. The van der Waals surface area contributed by atoms with Crippen LogP contribution >= 0.6 is 0 Å². The summed E-state index contributed by atoms with van der Waals surface area (Å²) in [6.07, 6.45) is 0.842. The van der Waals surface area contributed by atoms with Gasteiger partial charge in [-0.25, -0.2) is 0 Å². The first-order valence-electron chi connectivity index (χ1n) is 10.6. The minimum absolute atomic E-state index is 0.0746. The van der Waals surface area contributed by atoms with Gasteiger partial charge in [-0.2, -0.15) is 21.0 Å². The van der Waals surface area contributed by atoms with Crippen molar-refractivity contribution in [2.24, 2.45) is 0 Å². The second kappa shape index (κ2) is 7.35. The van der Waals surface area contributed by atoms with Crippen molar-refractivity contribution >= 4 is 11.1 Å². The molecule has 0 aromatic heterocycles. The average molecular weight is 420 g/mol. The van der Waals surface area contributed by atoms with Crippen LogP contribution in [0.4, 0.5) is 0 Å². The van der Waals surface area contributed by atoms with Crippen molar-refractivity contribution in [2.45, 2.75) is 20.3 Å². The van der Waals surface area contributed by atoms with E-state index in [1.807, 2.05) is 43.3 Å². The molecule has 0 heterocycles. The largest absolute Gasteiger partial charge is 0.192 e. The van der Waals surface area contributed by atoms with Crippen LogP contribution in [-0.4, -0.2) is 0 Å². The van der Waals surface area contributed by atoms with Crippen molar-refractivity contribution in [2.75, 3.05) is 0 Å². The van der Waals surface area contributed by atoms with E-state index in [1.165, 1.54) is 0 Å². The Morgan fingerprint density at radius 2 is 1.03 bits per heavy atom. The van der Waals surface area contributed by atoms with Crippen LogP contribution in [0.3, 0.4) is 0 Å². The molecule has 33 heavy (non-hydrogen) atoms. The van der Waals surface area contributed by atoms with Crippen molar-refractivity contribution in [3.05, 3.63) is 93.1 Å². The molecule has 2 aliphatic rings. The summed E-state index contributed by atoms with van der Waals surface area (Å²) >= 11 is 0. The van der Waals surface area contributed by atoms with Gasteiger partial charge in [0.2, 0.25) is 0 Å². The molecule has 0 atom stereocenters. The van der Waals surface area contributed by atoms with Crippen LogP contribution in [0.15, 0.2) is 59.7 Å². The second-order valence-electron chi connectivity index (χ2n) is 8.17. The molecule has 4 nitrogen and oxygen atoms in total. The number of rotatable bonds is 1. The Labute approximate surface area is 192 Å². The number of allylic oxidation sites excluding steroid dienone is 2. The van der Waals surface area contributed by atoms with Crippen LogP contribution in [0, 0.1) is 52.2 Å². The lowest BCUT2D eigenvalue weighted by atomic mass is 9.93. The van der Waals surface area contributed by atoms with Crippen LogP contribution in [0.5, 0.6) is 0 Å². The molecule has 0 bridgehead atoms. The summed E-state index contributed by atoms with van der Waals surface area (Å²) in [5, 5.41) is 38.8. The van der Waals surface area contributed by atoms with E-state index < -0.39 is 0 Å². The number of fused-ring (bicyclic) bond motifs is 6. The van der Waals surface area contributed by atoms with Gasteiger partial charge < -0.3 is 0 Å². The highest BCUT2D eigenvalue weighted by Gasteiger charge is 2.33. The van der Waals surface area contributed by atoms with Gasteiger partial charge in [-0.3, -0.25) is 0 Å². The summed E-state index contributed by atoms with van der Waals surface area (Å²) in [6, 6.07) is 24.4. The summed E-state index contributed by atoms with van der Waals surface area (Å²) in [4.78, 5) is 0. The fraction of sp³-hybridized carbons (Fsp3) is 0.103. The van der Waals surface area contributed by atoms with Crippen molar-refractivity contribution in [3.8, 4) is 46.5 Å². The first-order valence-corrected chi connectivity index (χ1v) is 10.6. The topological polar surface area (TPSA) is 95.2 Å². The number of aryl methyl sites for hydroxylation is 2. The van der Waals surface area contributed by atoms with Crippen LogP contribution < -0.4 is 0 Å². The third-order valence-electron chi connectivity index (χ3n) is 6.43. The highest BCUT2D eigenvalue weighted by Crippen LogP contribution is 2.53. The highest BCUT2D eigenvalue weighted by atomic mass is 14.4. The number of nitriles is 4. The first kappa shape index (κ1) is 20.0. The Morgan fingerprint density at radius 1 is 0.576 bits per heavy atom. The van der Waals surface area contributed by atoms with Gasteiger partial charge in [-0.05, 0) is 75.5 Å². The molecular weight excluding hydrogens is 404 g/mol. The van der Waals surface area contributed by atoms with Gasteiger partial charge in [-0.1, -0.05) is 48.9 Å². The fourth-order valence-corrected chi connectivity index (χ4v) is 4.91. The molecule has 0 N–H and O–H groups in total. The molecular formula is C29H16N4. The zero-order valence-corrected chi connectivity index (χ0v) is 18.1. The van der Waals surface area contributed by atoms with E-state index in [0.29, 0.717) is 11.1 Å². The predicted octanol–water partition coefficient (Wildman–Crippen LogP) is 6.22. The van der Waals surface area contributed by atoms with Gasteiger partial charge in [0, 0.05) is 11.1 Å². The molecule has 0 fully saturated rings. The Hall–Kier alpha value is -4.90. The normalized spacial score (nSPS) is 11.8. The van der Waals surface area contributed by atoms with Crippen molar-refractivity contribution in [3.63, 3.8) is 0 Å². The lowest BCUT2D eigenvalue weighted by Crippen LogP contribution is -1.91. The van der Waals surface area contributed by atoms with Crippen LogP contribution in [0.25, 0.3) is 33.4 Å². The van der Waals surface area contributed by atoms with E-state index in [0.717, 1.165) is 62.1 Å². The van der Waals surface area contributed by atoms with E-state index in [1.54, 1.807) is 0 Å². The molecule has 2 aliphatic carbocycles. The number of nitrogens with zero attached hydrogens (tertiary/aromatic N) is 4. The molecule has 0 aliphatic heterocycles. The number of benzene rings is 3. The minimum Gasteiger partial charge on any atom is -0.192 e. The second-order valence-corrected chi connectivity index (χ2v) is 8.17. The molecule has 0 saturated carbocycles. The van der Waals surface area contributed by atoms with Crippen molar-refractivity contribution in [1.82, 2.24) is 0 Å². The Kier molecular flexibility index (Phi) is 4.46. The summed E-state index contributed by atoms with van der Waals surface area (Å²) < 4.78 is 0. The molecule has 152 valence electrons. The Morgan fingerprint density at radius 3 is 1.52 bits per heavy atom. The monoisotopic (exact) mass is 420 g/mol. The maximum atomic E-state index is 9.71. The zero-order valence-electron chi connectivity index (χ0n) is 18.1. The quantitative estimate of drug-likeness (QED) is 0.301. The molecule has 0 spiro atoms. The van der Waals surface area contributed by atoms with Crippen LogP contribution in [0.1, 0.15) is 40.3 Å². The summed E-state index contributed by atoms with van der Waals surface area (Å²) in [5.41, 5.74) is 10.7. The third-order valence-corrected chi connectivity index (χ3v) is 6.43. The van der Waals surface area contributed by atoms with Gasteiger partial charge in [0.05, 0.1) is 0 Å². The van der Waals surface area contributed by atoms with Crippen molar-refractivity contribution in [1.29, 1.82) is 21.0 Å². The molecule has 3 aromatic rings. The maximum Gasteiger partial charge on any atom is 0.138 e. The van der Waals surface area contributed by atoms with Gasteiger partial charge in [-0.15, -0.1) is 0 Å². The molecule has 0 radical (unpaired) electrons. The smallest absolute Gasteiger partial charge is 0.138 e. The van der Waals surface area contributed by atoms with Crippen molar-refractivity contribution < 1.29 is 0 Å². The summed E-state index contributed by atoms with van der Waals surface area (Å²) in [6.45, 7) is 4.05.